The van der Waals surface area contributed by atoms with Gasteiger partial charge in [-0.05, 0) is 67.6 Å². The monoisotopic (exact) mass is 528 g/mol. The number of aryl methyl sites for hydroxylation is 2. The highest BCUT2D eigenvalue weighted by atomic mass is 35.5. The summed E-state index contributed by atoms with van der Waals surface area (Å²) in [5.74, 6) is -1.08. The van der Waals surface area contributed by atoms with Gasteiger partial charge in [-0.2, -0.15) is 4.31 Å². The van der Waals surface area contributed by atoms with Crippen molar-refractivity contribution in [3.05, 3.63) is 57.6 Å². The molecule has 1 aliphatic rings. The lowest BCUT2D eigenvalue weighted by atomic mass is 10.1. The van der Waals surface area contributed by atoms with E-state index >= 15 is 0 Å². The number of hydrogen-bond acceptors (Lipinski definition) is 5. The largest absolute Gasteiger partial charge is 0.492 e. The zero-order valence-corrected chi connectivity index (χ0v) is 20.9. The van der Waals surface area contributed by atoms with Gasteiger partial charge in [-0.15, -0.1) is 0 Å². The second-order valence-corrected chi connectivity index (χ2v) is 10.6. The predicted octanol–water partition coefficient (Wildman–Crippen LogP) is 3.53. The minimum Gasteiger partial charge on any atom is -0.492 e. The van der Waals surface area contributed by atoms with Crippen LogP contribution in [-0.4, -0.2) is 55.4 Å². The van der Waals surface area contributed by atoms with Crippen LogP contribution in [0, 0.1) is 0 Å². The van der Waals surface area contributed by atoms with Gasteiger partial charge in [0.25, 0.3) is 0 Å². The van der Waals surface area contributed by atoms with E-state index < -0.39 is 27.9 Å². The Morgan fingerprint density at radius 3 is 2.59 bits per heavy atom. The summed E-state index contributed by atoms with van der Waals surface area (Å²) >= 11 is 12.1. The Balaban J connectivity index is 1.79. The zero-order valence-electron chi connectivity index (χ0n) is 18.6. The third kappa shape index (κ3) is 6.41. The number of aliphatic carboxylic acids is 1. The van der Waals surface area contributed by atoms with Gasteiger partial charge in [-0.3, -0.25) is 9.59 Å². The minimum atomic E-state index is -4.21. The van der Waals surface area contributed by atoms with Crippen LogP contribution in [0.1, 0.15) is 30.9 Å². The van der Waals surface area contributed by atoms with Gasteiger partial charge in [-0.25, -0.2) is 8.42 Å². The molecule has 0 aliphatic heterocycles. The number of carbonyl (C=O) groups excluding carboxylic acids is 1. The molecule has 0 heterocycles. The Morgan fingerprint density at radius 1 is 1.15 bits per heavy atom. The first-order valence-corrected chi connectivity index (χ1v) is 13.0. The van der Waals surface area contributed by atoms with Gasteiger partial charge in [-0.1, -0.05) is 29.3 Å². The van der Waals surface area contributed by atoms with E-state index in [0.717, 1.165) is 23.6 Å². The summed E-state index contributed by atoms with van der Waals surface area (Å²) < 4.78 is 33.7. The molecule has 0 saturated carbocycles. The van der Waals surface area contributed by atoms with Crippen molar-refractivity contribution in [2.24, 2.45) is 0 Å². The van der Waals surface area contributed by atoms with Gasteiger partial charge in [0.05, 0.1) is 11.4 Å². The number of rotatable bonds is 11. The lowest BCUT2D eigenvalue weighted by Crippen LogP contribution is -2.49. The third-order valence-electron chi connectivity index (χ3n) is 5.58. The van der Waals surface area contributed by atoms with Gasteiger partial charge < -0.3 is 15.2 Å². The number of ether oxygens (including phenoxy) is 1. The van der Waals surface area contributed by atoms with E-state index in [1.165, 1.54) is 36.2 Å². The number of carbonyl (C=O) groups is 2. The van der Waals surface area contributed by atoms with Crippen molar-refractivity contribution in [1.82, 2.24) is 9.62 Å². The average Bonchev–Trinajstić information content (AvgIpc) is 3.23. The molecule has 0 radical (unpaired) electrons. The quantitative estimate of drug-likeness (QED) is 0.461. The van der Waals surface area contributed by atoms with Crippen LogP contribution in [0.3, 0.4) is 0 Å². The number of fused-ring (bicyclic) bond motifs is 1. The summed E-state index contributed by atoms with van der Waals surface area (Å²) in [6, 6.07) is 8.67. The number of amides is 1. The maximum atomic E-state index is 13.5. The molecule has 8 nitrogen and oxygen atoms in total. The van der Waals surface area contributed by atoms with E-state index in [2.05, 4.69) is 5.32 Å². The molecule has 2 aromatic rings. The molecule has 0 bridgehead atoms. The fourth-order valence-corrected chi connectivity index (χ4v) is 6.12. The van der Waals surface area contributed by atoms with Crippen molar-refractivity contribution in [3.8, 4) is 5.75 Å². The van der Waals surface area contributed by atoms with Crippen LogP contribution >= 0.6 is 23.2 Å². The molecule has 0 saturated heterocycles. The topological polar surface area (TPSA) is 113 Å². The third-order valence-corrected chi connectivity index (χ3v) is 8.27. The summed E-state index contributed by atoms with van der Waals surface area (Å²) in [5.41, 5.74) is 2.52. The normalized spacial score (nSPS) is 14.0. The molecular weight excluding hydrogens is 503 g/mol. The minimum absolute atomic E-state index is 0.00400. The fourth-order valence-electron chi connectivity index (χ4n) is 3.80. The number of carboxylic acids is 1. The molecule has 0 fully saturated rings. The van der Waals surface area contributed by atoms with Crippen molar-refractivity contribution >= 4 is 45.1 Å². The van der Waals surface area contributed by atoms with Crippen LogP contribution in [0.15, 0.2) is 41.3 Å². The standard InChI is InChI=1S/C23H26Cl2N2O6S/c1-15(23(30)26-10-9-22(28)29)27(34(31,32)21-8-6-18(24)14-20(21)25)11-12-33-19-7-5-16-3-2-4-17(16)13-19/h5-8,13-15H,2-4,9-12H2,1H3,(H,26,30)(H,28,29). The molecule has 2 N–H and O–H groups in total. The molecule has 0 spiro atoms. The van der Waals surface area contributed by atoms with E-state index in [9.17, 15) is 18.0 Å². The molecule has 0 aromatic heterocycles. The second-order valence-electron chi connectivity index (χ2n) is 7.93. The number of carboxylic acid groups (broad SMARTS) is 1. The Bertz CT molecular complexity index is 1170. The van der Waals surface area contributed by atoms with Crippen molar-refractivity contribution in [1.29, 1.82) is 0 Å². The van der Waals surface area contributed by atoms with Gasteiger partial charge in [0.1, 0.15) is 23.3 Å². The van der Waals surface area contributed by atoms with Crippen LogP contribution in [0.2, 0.25) is 10.0 Å². The highest BCUT2D eigenvalue weighted by Gasteiger charge is 2.34. The van der Waals surface area contributed by atoms with Crippen LogP contribution in [0.4, 0.5) is 0 Å². The molecule has 1 aliphatic carbocycles. The van der Waals surface area contributed by atoms with Crippen molar-refractivity contribution < 1.29 is 27.9 Å². The van der Waals surface area contributed by atoms with Gasteiger partial charge >= 0.3 is 5.97 Å². The highest BCUT2D eigenvalue weighted by molar-refractivity contribution is 7.89. The lowest BCUT2D eigenvalue weighted by molar-refractivity contribution is -0.137. The summed E-state index contributed by atoms with van der Waals surface area (Å²) in [6.07, 6.45) is 2.84. The van der Waals surface area contributed by atoms with Crippen LogP contribution in [0.25, 0.3) is 0 Å². The maximum Gasteiger partial charge on any atom is 0.305 e. The van der Waals surface area contributed by atoms with Crippen LogP contribution < -0.4 is 10.1 Å². The Kier molecular flexibility index (Phi) is 8.81. The van der Waals surface area contributed by atoms with Crippen molar-refractivity contribution in [3.63, 3.8) is 0 Å². The van der Waals surface area contributed by atoms with E-state index in [0.29, 0.717) is 5.75 Å². The summed E-state index contributed by atoms with van der Waals surface area (Å²) in [6.45, 7) is 1.16. The molecule has 1 atom stereocenters. The first kappa shape index (κ1) is 26.3. The Morgan fingerprint density at radius 2 is 1.88 bits per heavy atom. The van der Waals surface area contributed by atoms with E-state index in [4.69, 9.17) is 33.0 Å². The summed E-state index contributed by atoms with van der Waals surface area (Å²) in [5, 5.41) is 11.4. The van der Waals surface area contributed by atoms with Gasteiger partial charge in [0, 0.05) is 18.1 Å². The van der Waals surface area contributed by atoms with Gasteiger partial charge in [0.15, 0.2) is 0 Å². The number of halogens is 2. The fraction of sp³-hybridized carbons (Fsp3) is 0.391. The number of nitrogens with one attached hydrogen (secondary N) is 1. The maximum absolute atomic E-state index is 13.5. The number of nitrogens with zero attached hydrogens (tertiary/aromatic N) is 1. The number of benzene rings is 2. The van der Waals surface area contributed by atoms with Crippen molar-refractivity contribution in [2.75, 3.05) is 19.7 Å². The van der Waals surface area contributed by atoms with E-state index in [1.54, 1.807) is 0 Å². The molecule has 1 unspecified atom stereocenters. The molecule has 3 rings (SSSR count). The molecule has 2 aromatic carbocycles. The SMILES string of the molecule is CC(C(=O)NCCC(=O)O)N(CCOc1ccc2c(c1)CCC2)S(=O)(=O)c1ccc(Cl)cc1Cl. The molecule has 11 heteroatoms. The lowest BCUT2D eigenvalue weighted by Gasteiger charge is -2.28. The van der Waals surface area contributed by atoms with Crippen LogP contribution in [0.5, 0.6) is 5.75 Å². The summed E-state index contributed by atoms with van der Waals surface area (Å²) in [7, 11) is -4.21. The zero-order chi connectivity index (χ0) is 24.9. The summed E-state index contributed by atoms with van der Waals surface area (Å²) in [4.78, 5) is 23.2. The second kappa shape index (κ2) is 11.4. The highest BCUT2D eigenvalue weighted by Crippen LogP contribution is 2.29. The smallest absolute Gasteiger partial charge is 0.305 e. The predicted molar refractivity (Wildman–Crippen MR) is 129 cm³/mol. The Hall–Kier alpha value is -2.33. The molecular formula is C23H26Cl2N2O6S. The molecule has 184 valence electrons. The first-order chi connectivity index (χ1) is 16.1. The van der Waals surface area contributed by atoms with E-state index in [1.807, 2.05) is 18.2 Å². The van der Waals surface area contributed by atoms with Gasteiger partial charge in [0.2, 0.25) is 15.9 Å². The number of sulfonamides is 1. The first-order valence-electron chi connectivity index (χ1n) is 10.8. The van der Waals surface area contributed by atoms with Crippen LogP contribution in [-0.2, 0) is 32.5 Å². The molecule has 34 heavy (non-hydrogen) atoms. The Labute approximate surface area is 208 Å². The van der Waals surface area contributed by atoms with Crippen molar-refractivity contribution in [2.45, 2.75) is 43.5 Å². The van der Waals surface area contributed by atoms with E-state index in [-0.39, 0.29) is 41.1 Å². The number of hydrogen-bond donors (Lipinski definition) is 2. The average molecular weight is 529 g/mol. The molecule has 1 amide bonds.